The van der Waals surface area contributed by atoms with Crippen LogP contribution >= 0.6 is 0 Å². The monoisotopic (exact) mass is 271 g/mol. The lowest BCUT2D eigenvalue weighted by molar-refractivity contribution is 0.0698. The Kier molecular flexibility index (Phi) is 3.53. The van der Waals surface area contributed by atoms with Crippen LogP contribution in [0, 0.1) is 17.1 Å². The van der Waals surface area contributed by atoms with Gasteiger partial charge in [-0.2, -0.15) is 5.26 Å². The molecule has 0 saturated heterocycles. The zero-order valence-electron chi connectivity index (χ0n) is 10.2. The van der Waals surface area contributed by atoms with Crippen LogP contribution in [0.5, 0.6) is 0 Å². The van der Waals surface area contributed by atoms with Crippen LogP contribution < -0.4 is 11.1 Å². The van der Waals surface area contributed by atoms with Gasteiger partial charge in [0.15, 0.2) is 0 Å². The van der Waals surface area contributed by atoms with Crippen LogP contribution in [-0.2, 0) is 0 Å². The molecule has 5 nitrogen and oxygen atoms in total. The zero-order valence-corrected chi connectivity index (χ0v) is 10.2. The number of halogens is 1. The van der Waals surface area contributed by atoms with Gasteiger partial charge in [-0.15, -0.1) is 0 Å². The van der Waals surface area contributed by atoms with Crippen molar-refractivity contribution in [3.05, 3.63) is 53.3 Å². The number of nitrogens with zero attached hydrogens (tertiary/aromatic N) is 1. The SMILES string of the molecule is N#Cc1cc(F)ccc1Nc1cccc(C(=O)O)c1N. The maximum Gasteiger partial charge on any atom is 0.337 e. The number of para-hydroxylation sites is 1. The van der Waals surface area contributed by atoms with Crippen molar-refractivity contribution in [1.29, 1.82) is 5.26 Å². The number of hydrogen-bond acceptors (Lipinski definition) is 4. The lowest BCUT2D eigenvalue weighted by Gasteiger charge is -2.12. The van der Waals surface area contributed by atoms with E-state index in [4.69, 9.17) is 16.1 Å². The van der Waals surface area contributed by atoms with Crippen molar-refractivity contribution < 1.29 is 14.3 Å². The van der Waals surface area contributed by atoms with Crippen molar-refractivity contribution in [2.24, 2.45) is 0 Å². The highest BCUT2D eigenvalue weighted by Gasteiger charge is 2.12. The van der Waals surface area contributed by atoms with Gasteiger partial charge in [-0.3, -0.25) is 0 Å². The van der Waals surface area contributed by atoms with E-state index in [0.29, 0.717) is 11.4 Å². The fourth-order valence-electron chi connectivity index (χ4n) is 1.72. The third kappa shape index (κ3) is 2.52. The number of nitriles is 1. The second-order valence-electron chi connectivity index (χ2n) is 4.00. The van der Waals surface area contributed by atoms with Gasteiger partial charge in [0, 0.05) is 0 Å². The number of benzene rings is 2. The first-order valence-corrected chi connectivity index (χ1v) is 5.61. The molecule has 0 fully saturated rings. The van der Waals surface area contributed by atoms with Crippen LogP contribution in [0.2, 0.25) is 0 Å². The molecule has 0 saturated carbocycles. The Hall–Kier alpha value is -3.07. The summed E-state index contributed by atoms with van der Waals surface area (Å²) < 4.78 is 13.0. The van der Waals surface area contributed by atoms with E-state index in [-0.39, 0.29) is 16.8 Å². The predicted octanol–water partition coefficient (Wildman–Crippen LogP) is 2.72. The first kappa shape index (κ1) is 13.4. The average molecular weight is 271 g/mol. The summed E-state index contributed by atoms with van der Waals surface area (Å²) in [5.41, 5.74) is 6.55. The Morgan fingerprint density at radius 2 is 2.05 bits per heavy atom. The number of aromatic carboxylic acids is 1. The molecule has 0 atom stereocenters. The van der Waals surface area contributed by atoms with Crippen LogP contribution in [0.15, 0.2) is 36.4 Å². The van der Waals surface area contributed by atoms with E-state index in [1.807, 2.05) is 6.07 Å². The van der Waals surface area contributed by atoms with Gasteiger partial charge in [0.2, 0.25) is 0 Å². The minimum Gasteiger partial charge on any atom is -0.478 e. The van der Waals surface area contributed by atoms with Gasteiger partial charge in [-0.1, -0.05) is 6.07 Å². The van der Waals surface area contributed by atoms with Crippen LogP contribution in [0.3, 0.4) is 0 Å². The minimum absolute atomic E-state index is 0.0457. The molecule has 0 aliphatic rings. The Morgan fingerprint density at radius 3 is 2.70 bits per heavy atom. The summed E-state index contributed by atoms with van der Waals surface area (Å²) in [5.74, 6) is -1.68. The number of nitrogens with two attached hydrogens (primary N) is 1. The molecule has 0 bridgehead atoms. The summed E-state index contributed by atoms with van der Waals surface area (Å²) in [6.45, 7) is 0. The van der Waals surface area contributed by atoms with Gasteiger partial charge in [-0.05, 0) is 30.3 Å². The molecule has 0 amide bonds. The number of rotatable bonds is 3. The van der Waals surface area contributed by atoms with Gasteiger partial charge < -0.3 is 16.2 Å². The van der Waals surface area contributed by atoms with Gasteiger partial charge in [0.25, 0.3) is 0 Å². The molecule has 2 rings (SSSR count). The number of hydrogen-bond donors (Lipinski definition) is 3. The molecular formula is C14H10FN3O2. The molecule has 0 heterocycles. The summed E-state index contributed by atoms with van der Waals surface area (Å²) in [6.07, 6.45) is 0. The molecule has 0 unspecified atom stereocenters. The highest BCUT2D eigenvalue weighted by atomic mass is 19.1. The molecule has 2 aromatic carbocycles. The quantitative estimate of drug-likeness (QED) is 0.745. The van der Waals surface area contributed by atoms with E-state index in [0.717, 1.165) is 6.07 Å². The molecule has 2 aromatic rings. The first-order valence-electron chi connectivity index (χ1n) is 5.61. The molecule has 0 radical (unpaired) electrons. The summed E-state index contributed by atoms with van der Waals surface area (Å²) in [5, 5.41) is 20.8. The van der Waals surface area contributed by atoms with E-state index in [1.165, 1.54) is 24.3 Å². The van der Waals surface area contributed by atoms with Crippen molar-refractivity contribution in [3.8, 4) is 6.07 Å². The number of nitrogen functional groups attached to an aromatic ring is 1. The van der Waals surface area contributed by atoms with Crippen LogP contribution in [0.1, 0.15) is 15.9 Å². The van der Waals surface area contributed by atoms with Crippen molar-refractivity contribution in [2.75, 3.05) is 11.1 Å². The fourth-order valence-corrected chi connectivity index (χ4v) is 1.72. The summed E-state index contributed by atoms with van der Waals surface area (Å²) in [6, 6.07) is 10.00. The molecular weight excluding hydrogens is 261 g/mol. The third-order valence-electron chi connectivity index (χ3n) is 2.71. The Bertz CT molecular complexity index is 723. The Balaban J connectivity index is 2.44. The number of nitrogens with one attached hydrogen (secondary N) is 1. The normalized spacial score (nSPS) is 9.80. The molecule has 0 aromatic heterocycles. The van der Waals surface area contributed by atoms with Crippen molar-refractivity contribution in [3.63, 3.8) is 0 Å². The van der Waals surface area contributed by atoms with Crippen molar-refractivity contribution >= 4 is 23.0 Å². The average Bonchev–Trinajstić information content (AvgIpc) is 2.42. The standard InChI is InChI=1S/C14H10FN3O2/c15-9-4-5-11(8(6-9)7-16)18-12-3-1-2-10(13(12)17)14(19)20/h1-6,18H,17H2,(H,19,20). The third-order valence-corrected chi connectivity index (χ3v) is 2.71. The molecule has 0 aliphatic heterocycles. The molecule has 6 heteroatoms. The maximum absolute atomic E-state index is 13.0. The van der Waals surface area contributed by atoms with Gasteiger partial charge in [-0.25, -0.2) is 9.18 Å². The summed E-state index contributed by atoms with van der Waals surface area (Å²) >= 11 is 0. The van der Waals surface area contributed by atoms with E-state index >= 15 is 0 Å². The number of carbonyl (C=O) groups is 1. The Morgan fingerprint density at radius 1 is 1.30 bits per heavy atom. The van der Waals surface area contributed by atoms with E-state index in [2.05, 4.69) is 5.32 Å². The van der Waals surface area contributed by atoms with E-state index < -0.39 is 11.8 Å². The second-order valence-corrected chi connectivity index (χ2v) is 4.00. The molecule has 0 aliphatic carbocycles. The number of carboxylic acid groups (broad SMARTS) is 1. The highest BCUT2D eigenvalue weighted by molar-refractivity contribution is 5.97. The predicted molar refractivity (Wildman–Crippen MR) is 72.2 cm³/mol. The van der Waals surface area contributed by atoms with Gasteiger partial charge >= 0.3 is 5.97 Å². The largest absolute Gasteiger partial charge is 0.478 e. The molecule has 20 heavy (non-hydrogen) atoms. The van der Waals surface area contributed by atoms with E-state index in [9.17, 15) is 9.18 Å². The van der Waals surface area contributed by atoms with Crippen LogP contribution in [0.4, 0.5) is 21.5 Å². The molecule has 100 valence electrons. The second kappa shape index (κ2) is 5.28. The fraction of sp³-hybridized carbons (Fsp3) is 0. The Labute approximate surface area is 114 Å². The first-order chi connectivity index (χ1) is 9.52. The zero-order chi connectivity index (χ0) is 14.7. The number of anilines is 3. The lowest BCUT2D eigenvalue weighted by Crippen LogP contribution is -2.05. The highest BCUT2D eigenvalue weighted by Crippen LogP contribution is 2.28. The van der Waals surface area contributed by atoms with Crippen LogP contribution in [0.25, 0.3) is 0 Å². The molecule has 0 spiro atoms. The minimum atomic E-state index is -1.15. The van der Waals surface area contributed by atoms with Crippen molar-refractivity contribution in [2.45, 2.75) is 0 Å². The van der Waals surface area contributed by atoms with Crippen molar-refractivity contribution in [1.82, 2.24) is 0 Å². The lowest BCUT2D eigenvalue weighted by atomic mass is 10.1. The van der Waals surface area contributed by atoms with Crippen LogP contribution in [-0.4, -0.2) is 11.1 Å². The smallest absolute Gasteiger partial charge is 0.337 e. The summed E-state index contributed by atoms with van der Waals surface area (Å²) in [7, 11) is 0. The topological polar surface area (TPSA) is 99.1 Å². The number of carboxylic acids is 1. The van der Waals surface area contributed by atoms with Gasteiger partial charge in [0.1, 0.15) is 11.9 Å². The molecule has 4 N–H and O–H groups in total. The van der Waals surface area contributed by atoms with E-state index in [1.54, 1.807) is 6.07 Å². The maximum atomic E-state index is 13.0. The summed E-state index contributed by atoms with van der Waals surface area (Å²) in [4.78, 5) is 11.0. The van der Waals surface area contributed by atoms with Gasteiger partial charge in [0.05, 0.1) is 28.2 Å².